The number of nitrogens with zero attached hydrogens (tertiary/aromatic N) is 3. The van der Waals surface area contributed by atoms with Crippen LogP contribution in [0.3, 0.4) is 0 Å². The van der Waals surface area contributed by atoms with E-state index in [1.165, 1.54) is 12.1 Å². The second-order valence-corrected chi connectivity index (χ2v) is 9.31. The van der Waals surface area contributed by atoms with Crippen LogP contribution in [0, 0.1) is 0 Å². The summed E-state index contributed by atoms with van der Waals surface area (Å²) in [6.45, 7) is 3.67. The van der Waals surface area contributed by atoms with Crippen LogP contribution in [0.1, 0.15) is 25.8 Å². The van der Waals surface area contributed by atoms with Gasteiger partial charge in [0.15, 0.2) is 0 Å². The molecule has 1 heterocycles. The smallest absolute Gasteiger partial charge is 0.332 e. The van der Waals surface area contributed by atoms with Gasteiger partial charge in [0.1, 0.15) is 5.66 Å². The van der Waals surface area contributed by atoms with E-state index in [1.807, 2.05) is 13.8 Å². The number of aryl methyl sites for hydroxylation is 1. The van der Waals surface area contributed by atoms with Crippen LogP contribution in [0.25, 0.3) is 0 Å². The first-order valence-electron chi connectivity index (χ1n) is 9.49. The lowest BCUT2D eigenvalue weighted by atomic mass is 10.1. The Morgan fingerprint density at radius 3 is 2.41 bits per heavy atom. The van der Waals surface area contributed by atoms with Gasteiger partial charge in [-0.2, -0.15) is 13.4 Å². The van der Waals surface area contributed by atoms with Crippen molar-refractivity contribution in [2.24, 2.45) is 21.5 Å². The average Bonchev–Trinajstić information content (AvgIpc) is 2.65. The molecule has 3 rings (SSSR count). The highest BCUT2D eigenvalue weighted by Crippen LogP contribution is 2.31. The molecule has 2 aromatic rings. The Morgan fingerprint density at radius 2 is 1.84 bits per heavy atom. The van der Waals surface area contributed by atoms with Gasteiger partial charge in [-0.3, -0.25) is 9.69 Å². The molecule has 0 fully saturated rings. The minimum absolute atomic E-state index is 0.0958. The van der Waals surface area contributed by atoms with Gasteiger partial charge < -0.3 is 16.8 Å². The summed E-state index contributed by atoms with van der Waals surface area (Å²) in [7, 11) is -4.78. The number of hydrogen-bond acceptors (Lipinski definition) is 8. The SMILES string of the molecule is CC1(C)N=C(N)N=C(N)N1c1ccc(CCC(=O)Nc2ccc(S(=O)(=O)F)cc2)c(Cl)c1. The van der Waals surface area contributed by atoms with Gasteiger partial charge in [0.25, 0.3) is 0 Å². The van der Waals surface area contributed by atoms with Crippen LogP contribution in [0.5, 0.6) is 0 Å². The van der Waals surface area contributed by atoms with Gasteiger partial charge in [0.2, 0.25) is 17.8 Å². The molecule has 1 aliphatic heterocycles. The fourth-order valence-electron chi connectivity index (χ4n) is 3.30. The maximum absolute atomic E-state index is 12.9. The Balaban J connectivity index is 1.65. The number of halogens is 2. The zero-order valence-electron chi connectivity index (χ0n) is 17.3. The van der Waals surface area contributed by atoms with Crippen LogP contribution in [-0.4, -0.2) is 31.9 Å². The third-order valence-corrected chi connectivity index (χ3v) is 5.92. The van der Waals surface area contributed by atoms with E-state index >= 15 is 0 Å². The summed E-state index contributed by atoms with van der Waals surface area (Å²) in [5.74, 6) is -0.0185. The molecule has 0 bridgehead atoms. The molecule has 0 unspecified atom stereocenters. The third-order valence-electron chi connectivity index (χ3n) is 4.73. The first kappa shape index (κ1) is 23.5. The number of rotatable bonds is 6. The summed E-state index contributed by atoms with van der Waals surface area (Å²) >= 11 is 6.43. The van der Waals surface area contributed by atoms with Crippen molar-refractivity contribution in [1.29, 1.82) is 0 Å². The number of guanidine groups is 2. The molecular weight excluding hydrogens is 459 g/mol. The normalized spacial score (nSPS) is 15.7. The largest absolute Gasteiger partial charge is 0.369 e. The number of anilines is 2. The van der Waals surface area contributed by atoms with E-state index < -0.39 is 20.8 Å². The second kappa shape index (κ2) is 8.75. The molecule has 1 amide bonds. The van der Waals surface area contributed by atoms with E-state index in [4.69, 9.17) is 23.1 Å². The summed E-state index contributed by atoms with van der Waals surface area (Å²) in [6.07, 6.45) is 0.488. The number of carbonyl (C=O) groups excluding carboxylic acids is 1. The lowest BCUT2D eigenvalue weighted by Crippen LogP contribution is -2.54. The zero-order valence-corrected chi connectivity index (χ0v) is 18.9. The Kier molecular flexibility index (Phi) is 6.42. The molecule has 12 heteroatoms. The van der Waals surface area contributed by atoms with Gasteiger partial charge in [-0.25, -0.2) is 4.99 Å². The molecule has 32 heavy (non-hydrogen) atoms. The topological polar surface area (TPSA) is 143 Å². The number of benzene rings is 2. The Bertz CT molecular complexity index is 1210. The molecule has 0 spiro atoms. The van der Waals surface area contributed by atoms with Crippen molar-refractivity contribution >= 4 is 51.0 Å². The van der Waals surface area contributed by atoms with Crippen molar-refractivity contribution in [3.8, 4) is 0 Å². The van der Waals surface area contributed by atoms with Crippen molar-refractivity contribution in [2.45, 2.75) is 37.2 Å². The summed E-state index contributed by atoms with van der Waals surface area (Å²) in [5.41, 5.74) is 12.8. The maximum Gasteiger partial charge on any atom is 0.332 e. The summed E-state index contributed by atoms with van der Waals surface area (Å²) in [5, 5.41) is 3.07. The van der Waals surface area contributed by atoms with E-state index in [2.05, 4.69) is 15.3 Å². The second-order valence-electron chi connectivity index (χ2n) is 7.56. The fraction of sp³-hybridized carbons (Fsp3) is 0.250. The lowest BCUT2D eigenvalue weighted by Gasteiger charge is -2.38. The first-order valence-corrected chi connectivity index (χ1v) is 11.3. The predicted molar refractivity (Wildman–Crippen MR) is 123 cm³/mol. The van der Waals surface area contributed by atoms with Crippen LogP contribution in [-0.2, 0) is 21.4 Å². The fourth-order valence-corrected chi connectivity index (χ4v) is 4.03. The molecule has 2 aromatic carbocycles. The minimum Gasteiger partial charge on any atom is -0.369 e. The van der Waals surface area contributed by atoms with Gasteiger partial charge in [0, 0.05) is 22.8 Å². The third kappa shape index (κ3) is 5.35. The van der Waals surface area contributed by atoms with Crippen molar-refractivity contribution in [3.63, 3.8) is 0 Å². The molecule has 0 saturated heterocycles. The van der Waals surface area contributed by atoms with Gasteiger partial charge in [-0.05, 0) is 62.2 Å². The highest BCUT2D eigenvalue weighted by atomic mass is 35.5. The maximum atomic E-state index is 12.9. The predicted octanol–water partition coefficient (Wildman–Crippen LogP) is 2.76. The van der Waals surface area contributed by atoms with Gasteiger partial charge >= 0.3 is 10.2 Å². The molecule has 1 aliphatic rings. The molecule has 0 aliphatic carbocycles. The molecule has 0 radical (unpaired) electrons. The van der Waals surface area contributed by atoms with Crippen LogP contribution in [0.15, 0.2) is 57.3 Å². The van der Waals surface area contributed by atoms with E-state index in [0.717, 1.165) is 17.7 Å². The zero-order chi connectivity index (χ0) is 23.7. The molecule has 0 atom stereocenters. The Morgan fingerprint density at radius 1 is 1.19 bits per heavy atom. The van der Waals surface area contributed by atoms with Crippen LogP contribution in [0.2, 0.25) is 5.02 Å². The van der Waals surface area contributed by atoms with Crippen molar-refractivity contribution in [1.82, 2.24) is 0 Å². The quantitative estimate of drug-likeness (QED) is 0.542. The highest BCUT2D eigenvalue weighted by molar-refractivity contribution is 7.86. The number of nitrogens with one attached hydrogen (secondary N) is 1. The van der Waals surface area contributed by atoms with Crippen molar-refractivity contribution in [2.75, 3.05) is 10.2 Å². The molecule has 170 valence electrons. The number of carbonyl (C=O) groups is 1. The standard InChI is InChI=1S/C20H22ClFN6O3S/c1-20(2)27-18(23)26-19(24)28(20)14-7-3-12(16(21)11-14)4-10-17(29)25-13-5-8-15(9-6-13)32(22,30)31/h3,5-9,11H,4,10H2,1-2H3,(H,25,29)(H4,23,24,26,27). The van der Waals surface area contributed by atoms with Crippen LogP contribution >= 0.6 is 11.6 Å². The minimum atomic E-state index is -4.78. The molecular formula is C20H22ClFN6O3S. The van der Waals surface area contributed by atoms with Crippen LogP contribution in [0.4, 0.5) is 15.3 Å². The van der Waals surface area contributed by atoms with E-state index in [0.29, 0.717) is 22.8 Å². The van der Waals surface area contributed by atoms with E-state index in [-0.39, 0.29) is 24.2 Å². The highest BCUT2D eigenvalue weighted by Gasteiger charge is 2.33. The number of aliphatic imine (C=N–C) groups is 2. The first-order chi connectivity index (χ1) is 14.9. The number of nitrogens with two attached hydrogens (primary N) is 2. The molecule has 0 aromatic heterocycles. The van der Waals surface area contributed by atoms with E-state index in [9.17, 15) is 17.1 Å². The number of amides is 1. The van der Waals surface area contributed by atoms with Crippen LogP contribution < -0.4 is 21.7 Å². The Labute approximate surface area is 190 Å². The average molecular weight is 481 g/mol. The molecule has 9 nitrogen and oxygen atoms in total. The monoisotopic (exact) mass is 480 g/mol. The number of hydrogen-bond donors (Lipinski definition) is 3. The van der Waals surface area contributed by atoms with Gasteiger partial charge in [-0.15, -0.1) is 3.89 Å². The summed E-state index contributed by atoms with van der Waals surface area (Å²) in [6, 6.07) is 10.1. The lowest BCUT2D eigenvalue weighted by molar-refractivity contribution is -0.116. The van der Waals surface area contributed by atoms with Crippen molar-refractivity contribution < 1.29 is 17.1 Å². The van der Waals surface area contributed by atoms with E-state index in [1.54, 1.807) is 23.1 Å². The molecule has 5 N–H and O–H groups in total. The van der Waals surface area contributed by atoms with Crippen molar-refractivity contribution in [3.05, 3.63) is 53.1 Å². The summed E-state index contributed by atoms with van der Waals surface area (Å²) < 4.78 is 34.6. The van der Waals surface area contributed by atoms with Gasteiger partial charge in [-0.1, -0.05) is 17.7 Å². The summed E-state index contributed by atoms with van der Waals surface area (Å²) in [4.78, 5) is 21.8. The van der Waals surface area contributed by atoms with Gasteiger partial charge in [0.05, 0.1) is 4.90 Å². The Hall–Kier alpha value is -3.18. The molecule has 0 saturated carbocycles.